The van der Waals surface area contributed by atoms with Crippen LogP contribution in [0.1, 0.15) is 38.2 Å². The van der Waals surface area contributed by atoms with Crippen LogP contribution in [0.3, 0.4) is 0 Å². The van der Waals surface area contributed by atoms with Crippen LogP contribution in [-0.4, -0.2) is 31.5 Å². The molecule has 1 aliphatic rings. The molecule has 0 bridgehead atoms. The first-order chi connectivity index (χ1) is 21.6. The standard InChI is InChI=1S/C39H33NO4/c1-43-39(42)37(40-36-19-8-7-17-34(36)38(41)29-11-3-2-4-12-29)25-27-20-22-31(23-21-27)44-24-10-15-28-14-9-18-33-32-16-6-5-13-30(32)26-35(28)33/h2-23,37,40H,24-26H2,1H3/b15-10+/t37-/m0/s1. The minimum absolute atomic E-state index is 0.116. The van der Waals surface area contributed by atoms with E-state index >= 15 is 0 Å². The molecule has 0 spiro atoms. The van der Waals surface area contributed by atoms with E-state index in [2.05, 4.69) is 53.9 Å². The average molecular weight is 580 g/mol. The van der Waals surface area contributed by atoms with Gasteiger partial charge in [-0.15, -0.1) is 0 Å². The van der Waals surface area contributed by atoms with Gasteiger partial charge in [-0.2, -0.15) is 0 Å². The lowest BCUT2D eigenvalue weighted by molar-refractivity contribution is -0.141. The van der Waals surface area contributed by atoms with Gasteiger partial charge >= 0.3 is 5.97 Å². The number of hydrogen-bond acceptors (Lipinski definition) is 5. The van der Waals surface area contributed by atoms with Crippen molar-refractivity contribution >= 4 is 23.5 Å². The number of carbonyl (C=O) groups is 2. The number of anilines is 1. The number of para-hydroxylation sites is 1. The molecular weight excluding hydrogens is 546 g/mol. The lowest BCUT2D eigenvalue weighted by Gasteiger charge is -2.20. The van der Waals surface area contributed by atoms with E-state index in [1.54, 1.807) is 24.3 Å². The monoisotopic (exact) mass is 579 g/mol. The zero-order valence-electron chi connectivity index (χ0n) is 24.5. The molecule has 1 N–H and O–H groups in total. The Morgan fingerprint density at radius 3 is 2.34 bits per heavy atom. The van der Waals surface area contributed by atoms with E-state index in [1.807, 2.05) is 60.7 Å². The smallest absolute Gasteiger partial charge is 0.328 e. The van der Waals surface area contributed by atoms with E-state index in [-0.39, 0.29) is 5.78 Å². The zero-order valence-corrected chi connectivity index (χ0v) is 24.5. The molecule has 0 saturated heterocycles. The van der Waals surface area contributed by atoms with Gasteiger partial charge in [-0.3, -0.25) is 4.79 Å². The topological polar surface area (TPSA) is 64.6 Å². The van der Waals surface area contributed by atoms with Crippen molar-refractivity contribution in [2.24, 2.45) is 0 Å². The van der Waals surface area contributed by atoms with Crippen molar-refractivity contribution in [3.8, 4) is 16.9 Å². The summed E-state index contributed by atoms with van der Waals surface area (Å²) in [5.74, 6) is 0.216. The molecule has 5 nitrogen and oxygen atoms in total. The van der Waals surface area contributed by atoms with Crippen molar-refractivity contribution < 1.29 is 19.1 Å². The second kappa shape index (κ2) is 13.3. The fraction of sp³-hybridized carbons (Fsp3) is 0.128. The van der Waals surface area contributed by atoms with Crippen LogP contribution < -0.4 is 10.1 Å². The van der Waals surface area contributed by atoms with Gasteiger partial charge in [0.15, 0.2) is 5.78 Å². The average Bonchev–Trinajstić information content (AvgIpc) is 3.46. The molecule has 44 heavy (non-hydrogen) atoms. The van der Waals surface area contributed by atoms with Crippen LogP contribution in [0.15, 0.2) is 127 Å². The molecule has 0 saturated carbocycles. The lowest BCUT2D eigenvalue weighted by Crippen LogP contribution is -2.33. The van der Waals surface area contributed by atoms with Crippen LogP contribution in [0, 0.1) is 0 Å². The molecular formula is C39H33NO4. The molecule has 0 aliphatic heterocycles. The van der Waals surface area contributed by atoms with Crippen LogP contribution in [0.4, 0.5) is 5.69 Å². The van der Waals surface area contributed by atoms with Crippen molar-refractivity contribution in [2.45, 2.75) is 18.9 Å². The van der Waals surface area contributed by atoms with Crippen molar-refractivity contribution in [1.82, 2.24) is 0 Å². The van der Waals surface area contributed by atoms with E-state index < -0.39 is 12.0 Å². The van der Waals surface area contributed by atoms with Gasteiger partial charge < -0.3 is 14.8 Å². The molecule has 1 aliphatic carbocycles. The molecule has 1 atom stereocenters. The van der Waals surface area contributed by atoms with Crippen LogP contribution in [0.25, 0.3) is 17.2 Å². The molecule has 5 aromatic carbocycles. The molecule has 6 rings (SSSR count). The van der Waals surface area contributed by atoms with E-state index in [0.29, 0.717) is 29.8 Å². The van der Waals surface area contributed by atoms with E-state index in [1.165, 1.54) is 34.9 Å². The first kappa shape index (κ1) is 28.7. The number of methoxy groups -OCH3 is 1. The third-order valence-corrected chi connectivity index (χ3v) is 7.92. The van der Waals surface area contributed by atoms with Gasteiger partial charge in [0, 0.05) is 23.2 Å². The third-order valence-electron chi connectivity index (χ3n) is 7.92. The number of benzene rings is 5. The number of hydrogen-bond donors (Lipinski definition) is 1. The molecule has 5 heteroatoms. The Bertz CT molecular complexity index is 1810. The summed E-state index contributed by atoms with van der Waals surface area (Å²) >= 11 is 0. The fourth-order valence-electron chi connectivity index (χ4n) is 5.69. The minimum atomic E-state index is -0.682. The highest BCUT2D eigenvalue weighted by molar-refractivity contribution is 6.12. The molecule has 218 valence electrons. The fourth-order valence-corrected chi connectivity index (χ4v) is 5.69. The Kier molecular flexibility index (Phi) is 8.65. The molecule has 0 amide bonds. The van der Waals surface area contributed by atoms with Crippen molar-refractivity contribution in [2.75, 3.05) is 19.0 Å². The summed E-state index contributed by atoms with van der Waals surface area (Å²) < 4.78 is 11.1. The maximum atomic E-state index is 13.2. The normalized spacial score (nSPS) is 12.3. The summed E-state index contributed by atoms with van der Waals surface area (Å²) in [6.07, 6.45) is 5.50. The van der Waals surface area contributed by atoms with Crippen molar-refractivity contribution in [3.63, 3.8) is 0 Å². The summed E-state index contributed by atoms with van der Waals surface area (Å²) in [7, 11) is 1.37. The van der Waals surface area contributed by atoms with Gasteiger partial charge in [0.1, 0.15) is 18.4 Å². The molecule has 0 aromatic heterocycles. The Morgan fingerprint density at radius 1 is 0.795 bits per heavy atom. The Morgan fingerprint density at radius 2 is 1.52 bits per heavy atom. The van der Waals surface area contributed by atoms with Crippen LogP contribution in [0.2, 0.25) is 0 Å². The third kappa shape index (κ3) is 6.32. The summed E-state index contributed by atoms with van der Waals surface area (Å²) in [5.41, 5.74) is 9.16. The second-order valence-electron chi connectivity index (χ2n) is 10.7. The number of esters is 1. The van der Waals surface area contributed by atoms with Crippen LogP contribution >= 0.6 is 0 Å². The van der Waals surface area contributed by atoms with Gasteiger partial charge in [-0.1, -0.05) is 103 Å². The number of fused-ring (bicyclic) bond motifs is 3. The largest absolute Gasteiger partial charge is 0.490 e. The van der Waals surface area contributed by atoms with E-state index in [0.717, 1.165) is 17.7 Å². The molecule has 0 unspecified atom stereocenters. The quantitative estimate of drug-likeness (QED) is 0.125. The number of nitrogens with one attached hydrogen (secondary N) is 1. The Hall–Kier alpha value is -5.42. The van der Waals surface area contributed by atoms with Crippen LogP contribution in [-0.2, 0) is 22.4 Å². The minimum Gasteiger partial charge on any atom is -0.490 e. The summed E-state index contributed by atoms with van der Waals surface area (Å²) in [5, 5.41) is 3.26. The van der Waals surface area contributed by atoms with E-state index in [4.69, 9.17) is 9.47 Å². The summed E-state index contributed by atoms with van der Waals surface area (Å²) in [6.45, 7) is 0.439. The Balaban J connectivity index is 1.09. The van der Waals surface area contributed by atoms with Gasteiger partial charge in [0.05, 0.1) is 7.11 Å². The highest BCUT2D eigenvalue weighted by Crippen LogP contribution is 2.38. The number of ketones is 1. The van der Waals surface area contributed by atoms with Gasteiger partial charge in [-0.05, 0) is 70.1 Å². The highest BCUT2D eigenvalue weighted by Gasteiger charge is 2.23. The maximum absolute atomic E-state index is 13.2. The zero-order chi connectivity index (χ0) is 30.3. The summed E-state index contributed by atoms with van der Waals surface area (Å²) in [4.78, 5) is 26.0. The molecule has 0 radical (unpaired) electrons. The van der Waals surface area contributed by atoms with Gasteiger partial charge in [0.25, 0.3) is 0 Å². The Labute approximate surface area is 257 Å². The molecule has 5 aromatic rings. The highest BCUT2D eigenvalue weighted by atomic mass is 16.5. The number of ether oxygens (including phenoxy) is 2. The SMILES string of the molecule is COC(=O)[C@H](Cc1ccc(OC/C=C/c2cccc3c2Cc2ccccc2-3)cc1)Nc1ccccc1C(=O)c1ccccc1. The van der Waals surface area contributed by atoms with Crippen molar-refractivity contribution in [3.05, 3.63) is 161 Å². The van der Waals surface area contributed by atoms with Crippen LogP contribution in [0.5, 0.6) is 5.75 Å². The van der Waals surface area contributed by atoms with Crippen molar-refractivity contribution in [1.29, 1.82) is 0 Å². The first-order valence-corrected chi connectivity index (χ1v) is 14.7. The predicted molar refractivity (Wildman–Crippen MR) is 175 cm³/mol. The van der Waals surface area contributed by atoms with E-state index in [9.17, 15) is 9.59 Å². The predicted octanol–water partition coefficient (Wildman–Crippen LogP) is 7.78. The summed E-state index contributed by atoms with van der Waals surface area (Å²) in [6, 6.07) is 38.4. The van der Waals surface area contributed by atoms with Gasteiger partial charge in [0.2, 0.25) is 0 Å². The molecule has 0 heterocycles. The number of rotatable bonds is 11. The first-order valence-electron chi connectivity index (χ1n) is 14.7. The molecule has 0 fully saturated rings. The number of carbonyl (C=O) groups excluding carboxylic acids is 2. The second-order valence-corrected chi connectivity index (χ2v) is 10.7. The van der Waals surface area contributed by atoms with Gasteiger partial charge in [-0.25, -0.2) is 4.79 Å². The lowest BCUT2D eigenvalue weighted by atomic mass is 10.00. The maximum Gasteiger partial charge on any atom is 0.328 e.